The number of amides is 1. The third-order valence-electron chi connectivity index (χ3n) is 3.28. The van der Waals surface area contributed by atoms with Crippen molar-refractivity contribution >= 4 is 16.9 Å². The average Bonchev–Trinajstić information content (AvgIpc) is 2.77. The van der Waals surface area contributed by atoms with E-state index in [-0.39, 0.29) is 18.9 Å². The fraction of sp³-hybridized carbons (Fsp3) is 0.429. The summed E-state index contributed by atoms with van der Waals surface area (Å²) in [5.41, 5.74) is 3.24. The summed E-state index contributed by atoms with van der Waals surface area (Å²) in [6, 6.07) is 6.17. The second-order valence-electron chi connectivity index (χ2n) is 4.72. The molecule has 1 heterocycles. The molecule has 0 aliphatic carbocycles. The van der Waals surface area contributed by atoms with Crippen LogP contribution >= 0.6 is 0 Å². The van der Waals surface area contributed by atoms with Crippen molar-refractivity contribution in [3.05, 3.63) is 30.1 Å². The molecule has 0 aliphatic heterocycles. The number of imidazole rings is 1. The molecule has 19 heavy (non-hydrogen) atoms. The van der Waals surface area contributed by atoms with Crippen LogP contribution in [0.2, 0.25) is 0 Å². The van der Waals surface area contributed by atoms with Crippen LogP contribution in [0.1, 0.15) is 12.0 Å². The fourth-order valence-corrected chi connectivity index (χ4v) is 2.05. The zero-order chi connectivity index (χ0) is 13.8. The lowest BCUT2D eigenvalue weighted by Gasteiger charge is -2.16. The largest absolute Gasteiger partial charge is 0.396 e. The topological polar surface area (TPSA) is 58.4 Å². The quantitative estimate of drug-likeness (QED) is 0.872. The van der Waals surface area contributed by atoms with Gasteiger partial charge in [0.15, 0.2) is 0 Å². The van der Waals surface area contributed by atoms with Gasteiger partial charge in [0.25, 0.3) is 0 Å². The van der Waals surface area contributed by atoms with Gasteiger partial charge in [-0.2, -0.15) is 0 Å². The molecule has 0 saturated carbocycles. The smallest absolute Gasteiger partial charge is 0.224 e. The van der Waals surface area contributed by atoms with Gasteiger partial charge in [-0.1, -0.05) is 6.07 Å². The molecule has 2 rings (SSSR count). The molecule has 102 valence electrons. The average molecular weight is 261 g/mol. The van der Waals surface area contributed by atoms with Crippen molar-refractivity contribution < 1.29 is 9.90 Å². The summed E-state index contributed by atoms with van der Waals surface area (Å²) in [5, 5.41) is 8.73. The Morgan fingerprint density at radius 3 is 3.00 bits per heavy atom. The van der Waals surface area contributed by atoms with Gasteiger partial charge in [0.05, 0.1) is 24.0 Å². The van der Waals surface area contributed by atoms with Gasteiger partial charge in [-0.15, -0.1) is 0 Å². The Bertz CT molecular complexity index is 577. The second-order valence-corrected chi connectivity index (χ2v) is 4.72. The van der Waals surface area contributed by atoms with Crippen LogP contribution in [0.5, 0.6) is 0 Å². The lowest BCUT2D eigenvalue weighted by molar-refractivity contribution is -0.130. The highest BCUT2D eigenvalue weighted by atomic mass is 16.3. The minimum atomic E-state index is -0.0942. The molecule has 0 unspecified atom stereocenters. The zero-order valence-corrected chi connectivity index (χ0v) is 11.3. The van der Waals surface area contributed by atoms with Crippen LogP contribution in [-0.4, -0.2) is 45.7 Å². The predicted octanol–water partition coefficient (Wildman–Crippen LogP) is 0.957. The summed E-state index contributed by atoms with van der Waals surface area (Å²) in [6.07, 6.45) is 2.78. The molecule has 0 fully saturated rings. The van der Waals surface area contributed by atoms with Crippen LogP contribution in [0, 0.1) is 0 Å². The van der Waals surface area contributed by atoms with E-state index in [1.165, 1.54) is 0 Å². The number of carbonyl (C=O) groups excluding carboxylic acids is 1. The molecule has 0 radical (unpaired) electrons. The Morgan fingerprint density at radius 1 is 1.47 bits per heavy atom. The number of aliphatic hydroxyl groups is 1. The van der Waals surface area contributed by atoms with Gasteiger partial charge in [-0.05, 0) is 24.1 Å². The Kier molecular flexibility index (Phi) is 4.16. The Balaban J connectivity index is 1.99. The number of nitrogens with zero attached hydrogens (tertiary/aromatic N) is 3. The SMILES string of the molecule is CN(CCc1ccc2c(c1)ncn2C)C(=O)CCO. The lowest BCUT2D eigenvalue weighted by atomic mass is 10.1. The van der Waals surface area contributed by atoms with E-state index in [9.17, 15) is 4.79 Å². The minimum Gasteiger partial charge on any atom is -0.396 e. The first-order valence-corrected chi connectivity index (χ1v) is 6.36. The molecule has 5 heteroatoms. The van der Waals surface area contributed by atoms with E-state index in [0.29, 0.717) is 6.54 Å². The zero-order valence-electron chi connectivity index (χ0n) is 11.3. The number of aliphatic hydroxyl groups excluding tert-OH is 1. The molecule has 1 N–H and O–H groups in total. The van der Waals surface area contributed by atoms with E-state index >= 15 is 0 Å². The summed E-state index contributed by atoms with van der Waals surface area (Å²) >= 11 is 0. The maximum absolute atomic E-state index is 11.5. The van der Waals surface area contributed by atoms with Crippen LogP contribution in [0.15, 0.2) is 24.5 Å². The minimum absolute atomic E-state index is 0.0265. The second kappa shape index (κ2) is 5.84. The molecule has 5 nitrogen and oxygen atoms in total. The van der Waals surface area contributed by atoms with Crippen molar-refractivity contribution in [2.75, 3.05) is 20.2 Å². The molecule has 0 saturated heterocycles. The van der Waals surface area contributed by atoms with Crippen molar-refractivity contribution in [1.82, 2.24) is 14.5 Å². The molecule has 1 aromatic heterocycles. The third kappa shape index (κ3) is 3.12. The van der Waals surface area contributed by atoms with E-state index in [1.807, 2.05) is 17.7 Å². The van der Waals surface area contributed by atoms with E-state index in [4.69, 9.17) is 5.11 Å². The molecule has 2 aromatic rings. The first-order valence-electron chi connectivity index (χ1n) is 6.36. The van der Waals surface area contributed by atoms with E-state index in [1.54, 1.807) is 18.3 Å². The summed E-state index contributed by atoms with van der Waals surface area (Å²) < 4.78 is 1.98. The highest BCUT2D eigenvalue weighted by Gasteiger charge is 2.08. The van der Waals surface area contributed by atoms with Crippen molar-refractivity contribution in [3.63, 3.8) is 0 Å². The Morgan fingerprint density at radius 2 is 2.26 bits per heavy atom. The lowest BCUT2D eigenvalue weighted by Crippen LogP contribution is -2.29. The summed E-state index contributed by atoms with van der Waals surface area (Å²) in [5.74, 6) is -0.0265. The highest BCUT2D eigenvalue weighted by molar-refractivity contribution is 5.76. The molecule has 0 spiro atoms. The van der Waals surface area contributed by atoms with Gasteiger partial charge in [0, 0.05) is 27.1 Å². The van der Waals surface area contributed by atoms with Crippen LogP contribution in [0.25, 0.3) is 11.0 Å². The third-order valence-corrected chi connectivity index (χ3v) is 3.28. The fourth-order valence-electron chi connectivity index (χ4n) is 2.05. The summed E-state index contributed by atoms with van der Waals surface area (Å²) in [6.45, 7) is 0.556. The van der Waals surface area contributed by atoms with Crippen LogP contribution in [-0.2, 0) is 18.3 Å². The number of likely N-dealkylation sites (N-methyl/N-ethyl adjacent to an activating group) is 1. The number of hydrogen-bond donors (Lipinski definition) is 1. The van der Waals surface area contributed by atoms with E-state index < -0.39 is 0 Å². The van der Waals surface area contributed by atoms with Crippen LogP contribution < -0.4 is 0 Å². The monoisotopic (exact) mass is 261 g/mol. The molecular weight excluding hydrogens is 242 g/mol. The van der Waals surface area contributed by atoms with Crippen molar-refractivity contribution in [2.45, 2.75) is 12.8 Å². The van der Waals surface area contributed by atoms with Gasteiger partial charge in [-0.3, -0.25) is 4.79 Å². The highest BCUT2D eigenvalue weighted by Crippen LogP contribution is 2.14. The number of fused-ring (bicyclic) bond motifs is 1. The van der Waals surface area contributed by atoms with Crippen molar-refractivity contribution in [3.8, 4) is 0 Å². The number of aryl methyl sites for hydroxylation is 1. The van der Waals surface area contributed by atoms with Crippen LogP contribution in [0.4, 0.5) is 0 Å². The molecule has 0 aliphatic rings. The number of benzene rings is 1. The van der Waals surface area contributed by atoms with Crippen LogP contribution in [0.3, 0.4) is 0 Å². The maximum Gasteiger partial charge on any atom is 0.224 e. The Hall–Kier alpha value is -1.88. The molecule has 1 aromatic carbocycles. The van der Waals surface area contributed by atoms with Gasteiger partial charge < -0.3 is 14.6 Å². The van der Waals surface area contributed by atoms with Gasteiger partial charge in [0.1, 0.15) is 0 Å². The Labute approximate surface area is 112 Å². The molecule has 0 atom stereocenters. The number of aromatic nitrogens is 2. The number of carbonyl (C=O) groups is 1. The van der Waals surface area contributed by atoms with Crippen molar-refractivity contribution in [1.29, 1.82) is 0 Å². The maximum atomic E-state index is 11.5. The summed E-state index contributed by atoms with van der Waals surface area (Å²) in [7, 11) is 3.73. The van der Waals surface area contributed by atoms with E-state index in [0.717, 1.165) is 23.0 Å². The standard InChI is InChI=1S/C14H19N3O2/c1-16(14(19)6-8-18)7-5-11-3-4-13-12(9-11)15-10-17(13)2/h3-4,9-10,18H,5-8H2,1-2H3. The normalized spacial score (nSPS) is 10.9. The van der Waals surface area contributed by atoms with Gasteiger partial charge >= 0.3 is 0 Å². The first-order chi connectivity index (χ1) is 9.11. The molecular formula is C14H19N3O2. The first kappa shape index (κ1) is 13.5. The van der Waals surface area contributed by atoms with E-state index in [2.05, 4.69) is 17.1 Å². The number of rotatable bonds is 5. The predicted molar refractivity (Wildman–Crippen MR) is 73.8 cm³/mol. The molecule has 1 amide bonds. The number of hydrogen-bond acceptors (Lipinski definition) is 3. The summed E-state index contributed by atoms with van der Waals surface area (Å²) in [4.78, 5) is 17.5. The van der Waals surface area contributed by atoms with Gasteiger partial charge in [-0.25, -0.2) is 4.98 Å². The van der Waals surface area contributed by atoms with Gasteiger partial charge in [0.2, 0.25) is 5.91 Å². The van der Waals surface area contributed by atoms with Crippen molar-refractivity contribution in [2.24, 2.45) is 7.05 Å². The molecule has 0 bridgehead atoms.